The lowest BCUT2D eigenvalue weighted by Crippen LogP contribution is -2.32. The van der Waals surface area contributed by atoms with E-state index in [4.69, 9.17) is 4.74 Å². The van der Waals surface area contributed by atoms with Gasteiger partial charge in [0.1, 0.15) is 5.75 Å². The Morgan fingerprint density at radius 1 is 1.28 bits per heavy atom. The van der Waals surface area contributed by atoms with E-state index in [9.17, 15) is 0 Å². The maximum atomic E-state index is 5.60. The molecule has 2 nitrogen and oxygen atoms in total. The van der Waals surface area contributed by atoms with Crippen molar-refractivity contribution in [2.24, 2.45) is 5.92 Å². The Morgan fingerprint density at radius 2 is 2.11 bits per heavy atom. The lowest BCUT2D eigenvalue weighted by molar-refractivity contribution is 0.339. The van der Waals surface area contributed by atoms with Crippen LogP contribution in [-0.2, 0) is 0 Å². The molecule has 1 aromatic rings. The van der Waals surface area contributed by atoms with Gasteiger partial charge in [-0.05, 0) is 55.8 Å². The van der Waals surface area contributed by atoms with E-state index in [2.05, 4.69) is 37.4 Å². The first kappa shape index (κ1) is 13.4. The Hall–Kier alpha value is -1.02. The molecule has 3 unspecified atom stereocenters. The van der Waals surface area contributed by atoms with Crippen LogP contribution in [0, 0.1) is 5.92 Å². The zero-order valence-corrected chi connectivity index (χ0v) is 11.8. The van der Waals surface area contributed by atoms with Gasteiger partial charge in [0.05, 0.1) is 6.61 Å². The second kappa shape index (κ2) is 6.24. The van der Waals surface area contributed by atoms with E-state index in [0.29, 0.717) is 17.9 Å². The average molecular weight is 247 g/mol. The molecule has 100 valence electrons. The average Bonchev–Trinajstić information content (AvgIpc) is 2.73. The summed E-state index contributed by atoms with van der Waals surface area (Å²) in [4.78, 5) is 0. The second-order valence-corrected chi connectivity index (χ2v) is 5.21. The highest BCUT2D eigenvalue weighted by atomic mass is 16.5. The molecule has 1 aliphatic carbocycles. The molecule has 1 fully saturated rings. The largest absolute Gasteiger partial charge is 0.494 e. The van der Waals surface area contributed by atoms with Gasteiger partial charge in [-0.15, -0.1) is 0 Å². The summed E-state index contributed by atoms with van der Waals surface area (Å²) in [5.74, 6) is 2.39. The summed E-state index contributed by atoms with van der Waals surface area (Å²) >= 11 is 0. The Labute approximate surface area is 111 Å². The molecule has 2 rings (SSSR count). The molecule has 1 aliphatic rings. The van der Waals surface area contributed by atoms with Gasteiger partial charge in [-0.2, -0.15) is 0 Å². The Balaban J connectivity index is 2.09. The van der Waals surface area contributed by atoms with Gasteiger partial charge in [0.15, 0.2) is 0 Å². The Bertz CT molecular complexity index is 377. The monoisotopic (exact) mass is 247 g/mol. The quantitative estimate of drug-likeness (QED) is 0.858. The van der Waals surface area contributed by atoms with Gasteiger partial charge in [0, 0.05) is 6.04 Å². The van der Waals surface area contributed by atoms with Crippen LogP contribution in [0.25, 0.3) is 0 Å². The first-order chi connectivity index (χ1) is 8.76. The standard InChI is InChI=1S/C16H25NO/c1-4-17-16-10-9-15(12(16)3)13-7-6-8-14(11-13)18-5-2/h6-8,11-12,15-17H,4-5,9-10H2,1-3H3. The summed E-state index contributed by atoms with van der Waals surface area (Å²) in [5.41, 5.74) is 1.44. The van der Waals surface area contributed by atoms with Crippen molar-refractivity contribution in [2.75, 3.05) is 13.2 Å². The fraction of sp³-hybridized carbons (Fsp3) is 0.625. The van der Waals surface area contributed by atoms with Gasteiger partial charge in [0.2, 0.25) is 0 Å². The summed E-state index contributed by atoms with van der Waals surface area (Å²) < 4.78 is 5.60. The highest BCUT2D eigenvalue weighted by Gasteiger charge is 2.33. The molecule has 0 saturated heterocycles. The van der Waals surface area contributed by atoms with E-state index in [1.54, 1.807) is 0 Å². The van der Waals surface area contributed by atoms with Crippen LogP contribution in [0.5, 0.6) is 5.75 Å². The Kier molecular flexibility index (Phi) is 4.65. The number of rotatable bonds is 5. The number of hydrogen-bond acceptors (Lipinski definition) is 2. The molecule has 1 saturated carbocycles. The minimum Gasteiger partial charge on any atom is -0.494 e. The maximum Gasteiger partial charge on any atom is 0.119 e. The maximum absolute atomic E-state index is 5.60. The summed E-state index contributed by atoms with van der Waals surface area (Å²) in [6.45, 7) is 8.41. The number of benzene rings is 1. The highest BCUT2D eigenvalue weighted by Crippen LogP contribution is 2.40. The van der Waals surface area contributed by atoms with Crippen molar-refractivity contribution in [3.8, 4) is 5.75 Å². The molecule has 1 aromatic carbocycles. The zero-order valence-electron chi connectivity index (χ0n) is 11.8. The number of hydrogen-bond donors (Lipinski definition) is 1. The van der Waals surface area contributed by atoms with Crippen molar-refractivity contribution < 1.29 is 4.74 Å². The first-order valence-corrected chi connectivity index (χ1v) is 7.22. The zero-order chi connectivity index (χ0) is 13.0. The van der Waals surface area contributed by atoms with Gasteiger partial charge in [-0.3, -0.25) is 0 Å². The highest BCUT2D eigenvalue weighted by molar-refractivity contribution is 5.32. The van der Waals surface area contributed by atoms with Crippen molar-refractivity contribution in [3.63, 3.8) is 0 Å². The molecule has 0 bridgehead atoms. The van der Waals surface area contributed by atoms with E-state index < -0.39 is 0 Å². The van der Waals surface area contributed by atoms with Gasteiger partial charge in [-0.25, -0.2) is 0 Å². The molecule has 18 heavy (non-hydrogen) atoms. The molecule has 1 N–H and O–H groups in total. The lowest BCUT2D eigenvalue weighted by atomic mass is 9.89. The van der Waals surface area contributed by atoms with Crippen molar-refractivity contribution in [3.05, 3.63) is 29.8 Å². The summed E-state index contributed by atoms with van der Waals surface area (Å²) in [7, 11) is 0. The fourth-order valence-corrected chi connectivity index (χ4v) is 3.19. The van der Waals surface area contributed by atoms with Crippen molar-refractivity contribution >= 4 is 0 Å². The molecular weight excluding hydrogens is 222 g/mol. The van der Waals surface area contributed by atoms with E-state index in [-0.39, 0.29) is 0 Å². The van der Waals surface area contributed by atoms with Gasteiger partial charge >= 0.3 is 0 Å². The molecule has 0 aliphatic heterocycles. The molecule has 0 amide bonds. The minimum atomic E-state index is 0.675. The van der Waals surface area contributed by atoms with Crippen LogP contribution in [0.1, 0.15) is 45.1 Å². The van der Waals surface area contributed by atoms with E-state index in [0.717, 1.165) is 18.9 Å². The molecule has 0 heterocycles. The molecule has 0 radical (unpaired) electrons. The van der Waals surface area contributed by atoms with Crippen LogP contribution in [0.15, 0.2) is 24.3 Å². The van der Waals surface area contributed by atoms with Gasteiger partial charge < -0.3 is 10.1 Å². The third kappa shape index (κ3) is 2.86. The molecular formula is C16H25NO. The lowest BCUT2D eigenvalue weighted by Gasteiger charge is -2.22. The fourth-order valence-electron chi connectivity index (χ4n) is 3.19. The number of nitrogens with one attached hydrogen (secondary N) is 1. The van der Waals surface area contributed by atoms with Crippen LogP contribution >= 0.6 is 0 Å². The van der Waals surface area contributed by atoms with Crippen LogP contribution in [0.4, 0.5) is 0 Å². The topological polar surface area (TPSA) is 21.3 Å². The normalized spacial score (nSPS) is 27.4. The smallest absolute Gasteiger partial charge is 0.119 e. The summed E-state index contributed by atoms with van der Waals surface area (Å²) in [6, 6.07) is 9.31. The minimum absolute atomic E-state index is 0.675. The second-order valence-electron chi connectivity index (χ2n) is 5.21. The van der Waals surface area contributed by atoms with Crippen LogP contribution < -0.4 is 10.1 Å². The van der Waals surface area contributed by atoms with Gasteiger partial charge in [-0.1, -0.05) is 26.0 Å². The predicted octanol–water partition coefficient (Wildman–Crippen LogP) is 3.58. The molecule has 0 spiro atoms. The number of ether oxygens (including phenoxy) is 1. The third-order valence-electron chi connectivity index (χ3n) is 4.12. The van der Waals surface area contributed by atoms with E-state index >= 15 is 0 Å². The van der Waals surface area contributed by atoms with Crippen LogP contribution in [0.2, 0.25) is 0 Å². The predicted molar refractivity (Wildman–Crippen MR) is 76.2 cm³/mol. The van der Waals surface area contributed by atoms with Crippen LogP contribution in [0.3, 0.4) is 0 Å². The summed E-state index contributed by atoms with van der Waals surface area (Å²) in [5, 5.41) is 3.60. The van der Waals surface area contributed by atoms with Crippen molar-refractivity contribution in [1.29, 1.82) is 0 Å². The van der Waals surface area contributed by atoms with E-state index in [1.165, 1.54) is 18.4 Å². The SMILES string of the molecule is CCNC1CCC(c2cccc(OCC)c2)C1C. The Morgan fingerprint density at radius 3 is 2.83 bits per heavy atom. The molecule has 3 atom stereocenters. The first-order valence-electron chi connectivity index (χ1n) is 7.22. The molecule has 2 heteroatoms. The van der Waals surface area contributed by atoms with Gasteiger partial charge in [0.25, 0.3) is 0 Å². The molecule has 0 aromatic heterocycles. The van der Waals surface area contributed by atoms with Crippen LogP contribution in [-0.4, -0.2) is 19.2 Å². The van der Waals surface area contributed by atoms with Crippen molar-refractivity contribution in [1.82, 2.24) is 5.32 Å². The third-order valence-corrected chi connectivity index (χ3v) is 4.12. The van der Waals surface area contributed by atoms with Crippen molar-refractivity contribution in [2.45, 2.75) is 45.6 Å². The summed E-state index contributed by atoms with van der Waals surface area (Å²) in [6.07, 6.45) is 2.58. The van der Waals surface area contributed by atoms with E-state index in [1.807, 2.05) is 13.0 Å².